The summed E-state index contributed by atoms with van der Waals surface area (Å²) in [4.78, 5) is 44.6. The molecule has 65 heavy (non-hydrogen) atoms. The normalized spacial score (nSPS) is 12.7. The van der Waals surface area contributed by atoms with Gasteiger partial charge in [0.15, 0.2) is 0 Å². The molecule has 0 N–H and O–H groups in total. The van der Waals surface area contributed by atoms with Gasteiger partial charge < -0.3 is 38.7 Å². The molecule has 0 bridgehead atoms. The molecule has 0 aliphatic rings. The Hall–Kier alpha value is -2.19. The quantitative estimate of drug-likeness (QED) is 0.0358. The summed E-state index contributed by atoms with van der Waals surface area (Å²) in [5.41, 5.74) is 2.23. The Morgan fingerprint density at radius 1 is 0.415 bits per heavy atom. The topological polar surface area (TPSA) is 151 Å². The zero-order chi connectivity index (χ0) is 46.9. The first kappa shape index (κ1) is 62.8. The van der Waals surface area contributed by atoms with Crippen LogP contribution in [0.5, 0.6) is 0 Å². The molecule has 10 nitrogen and oxygen atoms in total. The van der Waals surface area contributed by atoms with Crippen molar-refractivity contribution in [2.24, 2.45) is 0 Å². The van der Waals surface area contributed by atoms with Gasteiger partial charge in [-0.25, -0.2) is 0 Å². The van der Waals surface area contributed by atoms with Crippen LogP contribution in [0.2, 0.25) is 0 Å². The first-order chi connectivity index (χ1) is 31.0. The van der Waals surface area contributed by atoms with Crippen molar-refractivity contribution in [1.82, 2.24) is 0 Å². The van der Waals surface area contributed by atoms with Crippen molar-refractivity contribution in [3.63, 3.8) is 0 Å². The summed E-state index contributed by atoms with van der Waals surface area (Å²) in [6.45, 7) is 8.16. The molecule has 0 saturated heterocycles. The van der Waals surface area contributed by atoms with E-state index in [0.717, 1.165) is 36.8 Å². The van der Waals surface area contributed by atoms with Gasteiger partial charge in [0.1, 0.15) is 12.2 Å². The number of ether oxygens (including phenoxy) is 4. The average molecular weight is 1030 g/mol. The van der Waals surface area contributed by atoms with Crippen LogP contribution in [-0.4, -0.2) is 97.2 Å². The van der Waals surface area contributed by atoms with Crippen molar-refractivity contribution in [3.05, 3.63) is 71.8 Å². The summed E-state index contributed by atoms with van der Waals surface area (Å²) < 4.78 is 22.7. The number of carboxylic acid groups (broad SMARTS) is 2. The Labute approximate surface area is 434 Å². The van der Waals surface area contributed by atoms with Crippen LogP contribution >= 0.6 is 0 Å². The van der Waals surface area contributed by atoms with Crippen LogP contribution in [0.3, 0.4) is 0 Å². The van der Waals surface area contributed by atoms with Gasteiger partial charge in [-0.2, -0.15) is 0 Å². The van der Waals surface area contributed by atoms with Crippen LogP contribution in [0.15, 0.2) is 60.7 Å². The van der Waals surface area contributed by atoms with Gasteiger partial charge in [-0.05, 0) is 49.7 Å². The molecule has 2 aromatic carbocycles. The van der Waals surface area contributed by atoms with Gasteiger partial charge in [-0.1, -0.05) is 203 Å². The molecule has 4 atom stereocenters. The van der Waals surface area contributed by atoms with E-state index < -0.39 is 36.1 Å². The molecule has 364 valence electrons. The minimum Gasteiger partial charge on any atom is -0.550 e. The first-order valence-corrected chi connectivity index (χ1v) is 25.1. The van der Waals surface area contributed by atoms with E-state index >= 15 is 0 Å². The summed E-state index contributed by atoms with van der Waals surface area (Å²) >= 11 is 0. The van der Waals surface area contributed by atoms with Crippen LogP contribution in [0.1, 0.15) is 219 Å². The van der Waals surface area contributed by atoms with Crippen molar-refractivity contribution in [2.45, 2.75) is 245 Å². The summed E-state index contributed by atoms with van der Waals surface area (Å²) in [7, 11) is 0. The second-order valence-electron chi connectivity index (χ2n) is 17.5. The maximum Gasteiger partial charge on any atom is 2.00 e. The van der Waals surface area contributed by atoms with Crippen molar-refractivity contribution in [3.8, 4) is 0 Å². The molecule has 0 aliphatic heterocycles. The van der Waals surface area contributed by atoms with Crippen LogP contribution in [0, 0.1) is 0 Å². The van der Waals surface area contributed by atoms with Crippen molar-refractivity contribution < 1.29 is 48.3 Å². The molecule has 0 aliphatic carbocycles. The number of rotatable bonds is 40. The molecule has 4 unspecified atom stereocenters. The molecule has 0 spiro atoms. The summed E-state index contributed by atoms with van der Waals surface area (Å²) in [6.07, 6.45) is 28.0. The van der Waals surface area contributed by atoms with Gasteiger partial charge in [0.25, 0.3) is 0 Å². The maximum atomic E-state index is 11.3. The maximum absolute atomic E-state index is 11.3. The van der Waals surface area contributed by atoms with E-state index in [1.54, 1.807) is 0 Å². The van der Waals surface area contributed by atoms with E-state index in [2.05, 4.69) is 13.8 Å². The number of esters is 2. The zero-order valence-corrected chi connectivity index (χ0v) is 45.5. The monoisotopic (exact) mass is 1030 g/mol. The number of carbonyl (C=O) groups is 4. The smallest absolute Gasteiger partial charge is 0.550 e. The number of hydrogen-bond donors (Lipinski definition) is 0. The number of aliphatic carboxylic acids is 2. The molecule has 0 saturated carbocycles. The Kier molecular flexibility index (Phi) is 42.8. The SMILES string of the molecule is CCCCCCCCCCCCC(CCC(CC(=O)[O-])OC(C)=O)OCc1ccccc1.CCCCCCCCCCCCC(CCC(CC(=O)[O-])OC(C)=O)OCc1ccccc1.[Ba+2]. The molecular weight excluding hydrogens is 946 g/mol. The predicted molar refractivity (Wildman–Crippen MR) is 258 cm³/mol. The standard InChI is InChI=1S/2C27H44O5.Ba/c2*1-3-4-5-6-7-8-9-10-11-15-18-25(31-22-24-16-13-12-14-17-24)19-20-26(21-27(29)30)32-23(2)28;/h2*12-14,16-17,25-26H,3-11,15,18-22H2,1-2H3,(H,29,30);/q;;+2/p-2. The van der Waals surface area contributed by atoms with Gasteiger partial charge in [-0.3, -0.25) is 9.59 Å². The van der Waals surface area contributed by atoms with E-state index in [-0.39, 0.29) is 73.9 Å². The Morgan fingerprint density at radius 2 is 0.692 bits per heavy atom. The van der Waals surface area contributed by atoms with E-state index in [4.69, 9.17) is 18.9 Å². The second-order valence-corrected chi connectivity index (χ2v) is 17.5. The van der Waals surface area contributed by atoms with Crippen molar-refractivity contribution in [2.75, 3.05) is 0 Å². The van der Waals surface area contributed by atoms with E-state index in [9.17, 15) is 29.4 Å². The predicted octanol–water partition coefficient (Wildman–Crippen LogP) is 11.1. The second kappa shape index (κ2) is 44.3. The number of carbonyl (C=O) groups excluding carboxylic acids is 4. The molecule has 0 radical (unpaired) electrons. The largest absolute Gasteiger partial charge is 2.00 e. The molecule has 2 aromatic rings. The minimum absolute atomic E-state index is 0. The van der Waals surface area contributed by atoms with Crippen LogP contribution in [0.25, 0.3) is 0 Å². The van der Waals surface area contributed by atoms with Gasteiger partial charge in [0.2, 0.25) is 0 Å². The Morgan fingerprint density at radius 3 is 0.969 bits per heavy atom. The van der Waals surface area contributed by atoms with E-state index in [0.29, 0.717) is 38.9 Å². The molecule has 0 aromatic heterocycles. The van der Waals surface area contributed by atoms with Gasteiger partial charge >= 0.3 is 60.8 Å². The molecule has 0 amide bonds. The Balaban J connectivity index is 0.00000124. The third kappa shape index (κ3) is 40.6. The van der Waals surface area contributed by atoms with Crippen LogP contribution in [0.4, 0.5) is 0 Å². The van der Waals surface area contributed by atoms with Gasteiger partial charge in [-0.15, -0.1) is 0 Å². The van der Waals surface area contributed by atoms with E-state index in [1.165, 1.54) is 129 Å². The summed E-state index contributed by atoms with van der Waals surface area (Å²) in [5, 5.41) is 22.0. The fraction of sp³-hybridized carbons (Fsp3) is 0.704. The first-order valence-electron chi connectivity index (χ1n) is 25.1. The van der Waals surface area contributed by atoms with Crippen molar-refractivity contribution >= 4 is 72.8 Å². The minimum atomic E-state index is -1.20. The fourth-order valence-electron chi connectivity index (χ4n) is 7.91. The third-order valence-electron chi connectivity index (χ3n) is 11.5. The average Bonchev–Trinajstić information content (AvgIpc) is 3.26. The molecular formula is C54H86BaO10. The number of hydrogen-bond acceptors (Lipinski definition) is 10. The number of carboxylic acids is 2. The Bertz CT molecular complexity index is 1290. The molecule has 0 fully saturated rings. The number of unbranched alkanes of at least 4 members (excludes halogenated alkanes) is 18. The zero-order valence-electron chi connectivity index (χ0n) is 41.1. The van der Waals surface area contributed by atoms with Crippen LogP contribution in [-0.2, 0) is 51.3 Å². The fourth-order valence-corrected chi connectivity index (χ4v) is 7.91. The summed E-state index contributed by atoms with van der Waals surface area (Å²) in [6, 6.07) is 20.1. The third-order valence-corrected chi connectivity index (χ3v) is 11.5. The molecule has 0 heterocycles. The molecule has 2 rings (SSSR count). The van der Waals surface area contributed by atoms with Gasteiger partial charge in [0, 0.05) is 38.6 Å². The summed E-state index contributed by atoms with van der Waals surface area (Å²) in [5.74, 6) is -3.33. The van der Waals surface area contributed by atoms with Crippen molar-refractivity contribution in [1.29, 1.82) is 0 Å². The van der Waals surface area contributed by atoms with Gasteiger partial charge in [0.05, 0.1) is 25.4 Å². The number of benzene rings is 2. The van der Waals surface area contributed by atoms with Crippen LogP contribution < -0.4 is 10.2 Å². The van der Waals surface area contributed by atoms with E-state index in [1.807, 2.05) is 60.7 Å². The molecule has 11 heteroatoms.